The van der Waals surface area contributed by atoms with Gasteiger partial charge in [-0.15, -0.1) is 0 Å². The van der Waals surface area contributed by atoms with Gasteiger partial charge in [0.25, 0.3) is 0 Å². The normalized spacial score (nSPS) is 18.7. The first-order valence-corrected chi connectivity index (χ1v) is 9.65. The molecule has 138 valence electrons. The van der Waals surface area contributed by atoms with Crippen molar-refractivity contribution >= 4 is 23.4 Å². The molecule has 3 rings (SSSR count). The van der Waals surface area contributed by atoms with Crippen LogP contribution in [0.1, 0.15) is 5.56 Å². The van der Waals surface area contributed by atoms with Crippen LogP contribution in [0.25, 0.3) is 0 Å². The summed E-state index contributed by atoms with van der Waals surface area (Å²) in [5, 5.41) is 2.64. The highest BCUT2D eigenvalue weighted by molar-refractivity contribution is 7.99. The Morgan fingerprint density at radius 2 is 2.04 bits per heavy atom. The fourth-order valence-electron chi connectivity index (χ4n) is 2.86. The van der Waals surface area contributed by atoms with Gasteiger partial charge in [-0.1, -0.05) is 30.3 Å². The highest BCUT2D eigenvalue weighted by Gasteiger charge is 2.22. The first-order valence-electron chi connectivity index (χ1n) is 8.49. The molecule has 0 aromatic heterocycles. The SMILES string of the molecule is NC(=NCC1CSCCN1Cc1ccccc1)Nc1cc(F)ccc1F. The molecule has 1 atom stereocenters. The summed E-state index contributed by atoms with van der Waals surface area (Å²) in [6, 6.07) is 13.8. The van der Waals surface area contributed by atoms with Crippen LogP contribution < -0.4 is 11.1 Å². The summed E-state index contributed by atoms with van der Waals surface area (Å²) < 4.78 is 26.9. The fourth-order valence-corrected chi connectivity index (χ4v) is 3.98. The van der Waals surface area contributed by atoms with Crippen molar-refractivity contribution in [3.05, 3.63) is 65.7 Å². The van der Waals surface area contributed by atoms with Gasteiger partial charge in [0.05, 0.1) is 12.2 Å². The van der Waals surface area contributed by atoms with Gasteiger partial charge >= 0.3 is 0 Å². The second-order valence-corrected chi connectivity index (χ2v) is 7.31. The van der Waals surface area contributed by atoms with Crippen LogP contribution in [0.5, 0.6) is 0 Å². The van der Waals surface area contributed by atoms with Crippen LogP contribution >= 0.6 is 11.8 Å². The quantitative estimate of drug-likeness (QED) is 0.621. The Morgan fingerprint density at radius 3 is 2.85 bits per heavy atom. The Bertz CT molecular complexity index is 754. The molecule has 1 aliphatic heterocycles. The maximum Gasteiger partial charge on any atom is 0.193 e. The number of guanidine groups is 1. The van der Waals surface area contributed by atoms with Gasteiger partial charge in [0.1, 0.15) is 11.6 Å². The maximum absolute atomic E-state index is 13.7. The number of nitrogens with zero attached hydrogens (tertiary/aromatic N) is 2. The third-order valence-corrected chi connectivity index (χ3v) is 5.33. The molecule has 1 unspecified atom stereocenters. The molecule has 1 saturated heterocycles. The molecule has 7 heteroatoms. The number of hydrogen-bond acceptors (Lipinski definition) is 3. The van der Waals surface area contributed by atoms with Crippen molar-refractivity contribution in [1.29, 1.82) is 0 Å². The van der Waals surface area contributed by atoms with Gasteiger partial charge in [-0.2, -0.15) is 11.8 Å². The summed E-state index contributed by atoms with van der Waals surface area (Å²) in [7, 11) is 0. The molecule has 0 spiro atoms. The van der Waals surface area contributed by atoms with E-state index in [-0.39, 0.29) is 17.7 Å². The van der Waals surface area contributed by atoms with Crippen LogP contribution in [-0.4, -0.2) is 41.5 Å². The molecule has 3 N–H and O–H groups in total. The van der Waals surface area contributed by atoms with Crippen LogP contribution in [0.3, 0.4) is 0 Å². The lowest BCUT2D eigenvalue weighted by molar-refractivity contribution is 0.215. The summed E-state index contributed by atoms with van der Waals surface area (Å²) in [5.41, 5.74) is 7.12. The molecule has 1 fully saturated rings. The second kappa shape index (κ2) is 9.00. The van der Waals surface area contributed by atoms with E-state index < -0.39 is 11.6 Å². The van der Waals surface area contributed by atoms with Crippen molar-refractivity contribution in [2.24, 2.45) is 10.7 Å². The number of aliphatic imine (C=N–C) groups is 1. The largest absolute Gasteiger partial charge is 0.370 e. The molecule has 0 aliphatic carbocycles. The number of nitrogens with one attached hydrogen (secondary N) is 1. The molecular weight excluding hydrogens is 354 g/mol. The van der Waals surface area contributed by atoms with E-state index in [2.05, 4.69) is 27.3 Å². The molecule has 0 radical (unpaired) electrons. The minimum atomic E-state index is -0.566. The Kier molecular flexibility index (Phi) is 6.46. The molecule has 0 saturated carbocycles. The van der Waals surface area contributed by atoms with E-state index in [1.54, 1.807) is 0 Å². The van der Waals surface area contributed by atoms with E-state index in [4.69, 9.17) is 5.73 Å². The molecule has 2 aromatic rings. The molecule has 2 aromatic carbocycles. The van der Waals surface area contributed by atoms with Crippen LogP contribution in [0.15, 0.2) is 53.5 Å². The van der Waals surface area contributed by atoms with Gasteiger partial charge < -0.3 is 11.1 Å². The summed E-state index contributed by atoms with van der Waals surface area (Å²) in [6.07, 6.45) is 0. The number of halogens is 2. The maximum atomic E-state index is 13.7. The standard InChI is InChI=1S/C19H22F2N4S/c20-15-6-7-17(21)18(10-15)24-19(22)23-11-16-13-26-9-8-25(16)12-14-4-2-1-3-5-14/h1-7,10,16H,8-9,11-13H2,(H3,22,23,24). The van der Waals surface area contributed by atoms with Gasteiger partial charge in [-0.25, -0.2) is 8.78 Å². The van der Waals surface area contributed by atoms with Crippen molar-refractivity contribution in [3.8, 4) is 0 Å². The zero-order valence-electron chi connectivity index (χ0n) is 14.4. The third-order valence-electron chi connectivity index (χ3n) is 4.24. The fraction of sp³-hybridized carbons (Fsp3) is 0.316. The number of hydrogen-bond donors (Lipinski definition) is 2. The van der Waals surface area contributed by atoms with E-state index in [9.17, 15) is 8.78 Å². The van der Waals surface area contributed by atoms with Crippen molar-refractivity contribution in [2.75, 3.05) is 29.9 Å². The minimum Gasteiger partial charge on any atom is -0.370 e. The molecular formula is C19H22F2N4S. The Balaban J connectivity index is 1.61. The Hall–Kier alpha value is -2.12. The summed E-state index contributed by atoms with van der Waals surface area (Å²) in [6.45, 7) is 2.37. The first kappa shape index (κ1) is 18.7. The molecule has 1 heterocycles. The third kappa shape index (κ3) is 5.19. The van der Waals surface area contributed by atoms with Crippen LogP contribution in [0, 0.1) is 11.6 Å². The van der Waals surface area contributed by atoms with Gasteiger partial charge in [0, 0.05) is 36.7 Å². The Morgan fingerprint density at radius 1 is 1.23 bits per heavy atom. The lowest BCUT2D eigenvalue weighted by Crippen LogP contribution is -2.44. The van der Waals surface area contributed by atoms with Gasteiger partial charge in [-0.3, -0.25) is 9.89 Å². The predicted octanol–water partition coefficient (Wildman–Crippen LogP) is 3.31. The number of rotatable bonds is 5. The van der Waals surface area contributed by atoms with E-state index in [1.807, 2.05) is 30.0 Å². The van der Waals surface area contributed by atoms with Gasteiger partial charge in [0.2, 0.25) is 0 Å². The molecule has 0 amide bonds. The highest BCUT2D eigenvalue weighted by Crippen LogP contribution is 2.20. The van der Waals surface area contributed by atoms with Gasteiger partial charge in [-0.05, 0) is 17.7 Å². The van der Waals surface area contributed by atoms with E-state index in [0.29, 0.717) is 6.54 Å². The predicted molar refractivity (Wildman–Crippen MR) is 104 cm³/mol. The van der Waals surface area contributed by atoms with E-state index in [1.165, 1.54) is 5.56 Å². The number of anilines is 1. The average molecular weight is 376 g/mol. The number of benzene rings is 2. The average Bonchev–Trinajstić information content (AvgIpc) is 2.65. The smallest absolute Gasteiger partial charge is 0.193 e. The topological polar surface area (TPSA) is 53.6 Å². The van der Waals surface area contributed by atoms with Crippen LogP contribution in [-0.2, 0) is 6.54 Å². The Labute approximate surface area is 156 Å². The lowest BCUT2D eigenvalue weighted by atomic mass is 10.2. The van der Waals surface area contributed by atoms with E-state index >= 15 is 0 Å². The zero-order chi connectivity index (χ0) is 18.4. The summed E-state index contributed by atoms with van der Waals surface area (Å²) in [4.78, 5) is 6.74. The van der Waals surface area contributed by atoms with Crippen molar-refractivity contribution < 1.29 is 8.78 Å². The number of thioether (sulfide) groups is 1. The summed E-state index contributed by atoms with van der Waals surface area (Å²) >= 11 is 1.90. The lowest BCUT2D eigenvalue weighted by Gasteiger charge is -2.34. The monoisotopic (exact) mass is 376 g/mol. The van der Waals surface area contributed by atoms with Crippen molar-refractivity contribution in [2.45, 2.75) is 12.6 Å². The minimum absolute atomic E-state index is 0.00888. The first-order chi connectivity index (χ1) is 12.6. The van der Waals surface area contributed by atoms with Gasteiger partial charge in [0.15, 0.2) is 5.96 Å². The van der Waals surface area contributed by atoms with Crippen LogP contribution in [0.4, 0.5) is 14.5 Å². The van der Waals surface area contributed by atoms with Crippen molar-refractivity contribution in [1.82, 2.24) is 4.90 Å². The van der Waals surface area contributed by atoms with Crippen molar-refractivity contribution in [3.63, 3.8) is 0 Å². The van der Waals surface area contributed by atoms with Crippen LogP contribution in [0.2, 0.25) is 0 Å². The zero-order valence-corrected chi connectivity index (χ0v) is 15.2. The molecule has 0 bridgehead atoms. The highest BCUT2D eigenvalue weighted by atomic mass is 32.2. The summed E-state index contributed by atoms with van der Waals surface area (Å²) in [5.74, 6) is 1.06. The number of nitrogens with two attached hydrogens (primary N) is 1. The molecule has 1 aliphatic rings. The second-order valence-electron chi connectivity index (χ2n) is 6.16. The molecule has 26 heavy (non-hydrogen) atoms. The van der Waals surface area contributed by atoms with E-state index in [0.717, 1.165) is 42.8 Å². The molecule has 4 nitrogen and oxygen atoms in total.